The number of ether oxygens (including phenoxy) is 1. The normalized spacial score (nSPS) is 12.5. The number of aryl methyl sites for hydroxylation is 2. The summed E-state index contributed by atoms with van der Waals surface area (Å²) in [5.74, 6) is 0.0425. The molecular formula is C26H22N4O3. The minimum Gasteiger partial charge on any atom is -0.482 e. The van der Waals surface area contributed by atoms with Crippen molar-refractivity contribution in [3.8, 4) is 22.7 Å². The zero-order chi connectivity index (χ0) is 22.9. The van der Waals surface area contributed by atoms with Gasteiger partial charge in [0.05, 0.1) is 16.9 Å². The topological polar surface area (TPSA) is 85.3 Å². The first-order valence-corrected chi connectivity index (χ1v) is 10.6. The number of rotatable bonds is 4. The summed E-state index contributed by atoms with van der Waals surface area (Å²) in [6, 6.07) is 20.8. The van der Waals surface area contributed by atoms with E-state index in [0.717, 1.165) is 16.8 Å². The molecule has 4 aromatic rings. The molecule has 1 aliphatic rings. The highest BCUT2D eigenvalue weighted by Crippen LogP contribution is 2.31. The fourth-order valence-electron chi connectivity index (χ4n) is 3.71. The lowest BCUT2D eigenvalue weighted by atomic mass is 10.0. The van der Waals surface area contributed by atoms with Gasteiger partial charge in [-0.3, -0.25) is 9.59 Å². The molecular weight excluding hydrogens is 416 g/mol. The van der Waals surface area contributed by atoms with Gasteiger partial charge < -0.3 is 15.4 Å². The Bertz CT molecular complexity index is 1380. The zero-order valence-electron chi connectivity index (χ0n) is 18.3. The van der Waals surface area contributed by atoms with E-state index in [-0.39, 0.29) is 18.4 Å². The first-order chi connectivity index (χ1) is 16.0. The number of anilines is 2. The molecule has 2 heterocycles. The Hall–Kier alpha value is -4.39. The highest BCUT2D eigenvalue weighted by atomic mass is 16.5. The van der Waals surface area contributed by atoms with Crippen LogP contribution in [0.2, 0.25) is 0 Å². The molecule has 7 nitrogen and oxygen atoms in total. The van der Waals surface area contributed by atoms with Gasteiger partial charge in [0.1, 0.15) is 11.4 Å². The van der Waals surface area contributed by atoms with Gasteiger partial charge in [-0.2, -0.15) is 5.10 Å². The minimum absolute atomic E-state index is 0.0172. The van der Waals surface area contributed by atoms with E-state index in [9.17, 15) is 9.59 Å². The molecule has 33 heavy (non-hydrogen) atoms. The van der Waals surface area contributed by atoms with Crippen molar-refractivity contribution in [1.29, 1.82) is 0 Å². The first-order valence-electron chi connectivity index (χ1n) is 10.6. The van der Waals surface area contributed by atoms with Crippen molar-refractivity contribution in [3.05, 3.63) is 89.6 Å². The molecule has 0 fully saturated rings. The molecule has 5 rings (SSSR count). The van der Waals surface area contributed by atoms with Crippen LogP contribution in [0.25, 0.3) is 16.9 Å². The van der Waals surface area contributed by atoms with E-state index in [4.69, 9.17) is 9.84 Å². The molecule has 1 aliphatic heterocycles. The van der Waals surface area contributed by atoms with Gasteiger partial charge in [0.25, 0.3) is 11.8 Å². The molecule has 2 amide bonds. The Labute approximate surface area is 191 Å². The van der Waals surface area contributed by atoms with Crippen molar-refractivity contribution in [2.75, 3.05) is 17.2 Å². The number of carbonyl (C=O) groups is 2. The Morgan fingerprint density at radius 3 is 2.64 bits per heavy atom. The van der Waals surface area contributed by atoms with Crippen LogP contribution in [-0.4, -0.2) is 28.2 Å². The van der Waals surface area contributed by atoms with Gasteiger partial charge >= 0.3 is 0 Å². The Morgan fingerprint density at radius 1 is 1.03 bits per heavy atom. The lowest BCUT2D eigenvalue weighted by molar-refractivity contribution is -0.118. The van der Waals surface area contributed by atoms with Crippen LogP contribution in [0.1, 0.15) is 21.5 Å². The number of para-hydroxylation sites is 1. The number of aromatic nitrogens is 2. The molecule has 0 saturated carbocycles. The van der Waals surface area contributed by atoms with Gasteiger partial charge in [-0.05, 0) is 61.4 Å². The molecule has 0 unspecified atom stereocenters. The molecule has 1 aromatic heterocycles. The lowest BCUT2D eigenvalue weighted by Gasteiger charge is -2.18. The van der Waals surface area contributed by atoms with Crippen LogP contribution in [0, 0.1) is 13.8 Å². The summed E-state index contributed by atoms with van der Waals surface area (Å²) in [6.07, 6.45) is 1.73. The third kappa shape index (κ3) is 4.08. The Kier molecular flexibility index (Phi) is 5.14. The van der Waals surface area contributed by atoms with Crippen molar-refractivity contribution >= 4 is 23.2 Å². The second-order valence-corrected chi connectivity index (χ2v) is 7.97. The monoisotopic (exact) mass is 438 g/mol. The largest absolute Gasteiger partial charge is 0.482 e. The second-order valence-electron chi connectivity index (χ2n) is 7.97. The molecule has 3 aromatic carbocycles. The number of hydrogen-bond donors (Lipinski definition) is 2. The summed E-state index contributed by atoms with van der Waals surface area (Å²) >= 11 is 0. The predicted molar refractivity (Wildman–Crippen MR) is 127 cm³/mol. The van der Waals surface area contributed by atoms with Gasteiger partial charge in [0, 0.05) is 17.4 Å². The maximum absolute atomic E-state index is 13.4. The second kappa shape index (κ2) is 8.27. The van der Waals surface area contributed by atoms with Crippen LogP contribution in [0.4, 0.5) is 11.4 Å². The molecule has 0 bridgehead atoms. The smallest absolute Gasteiger partial charge is 0.262 e. The highest BCUT2D eigenvalue weighted by molar-refractivity contribution is 6.08. The molecule has 0 spiro atoms. The van der Waals surface area contributed by atoms with Crippen LogP contribution < -0.4 is 15.4 Å². The number of nitrogens with zero attached hydrogens (tertiary/aromatic N) is 2. The molecule has 7 heteroatoms. The number of amides is 2. The maximum Gasteiger partial charge on any atom is 0.262 e. The zero-order valence-corrected chi connectivity index (χ0v) is 18.3. The lowest BCUT2D eigenvalue weighted by Crippen LogP contribution is -2.25. The Balaban J connectivity index is 1.53. The van der Waals surface area contributed by atoms with Gasteiger partial charge in [-0.25, -0.2) is 4.68 Å². The highest BCUT2D eigenvalue weighted by Gasteiger charge is 2.21. The van der Waals surface area contributed by atoms with Gasteiger partial charge in [0.15, 0.2) is 6.61 Å². The van der Waals surface area contributed by atoms with E-state index in [1.807, 2.05) is 62.4 Å². The van der Waals surface area contributed by atoms with Crippen LogP contribution in [0.5, 0.6) is 5.75 Å². The summed E-state index contributed by atoms with van der Waals surface area (Å²) in [6.45, 7) is 4.07. The van der Waals surface area contributed by atoms with E-state index >= 15 is 0 Å². The van der Waals surface area contributed by atoms with E-state index in [2.05, 4.69) is 10.6 Å². The summed E-state index contributed by atoms with van der Waals surface area (Å²) in [4.78, 5) is 25.0. The summed E-state index contributed by atoms with van der Waals surface area (Å²) in [5, 5.41) is 10.4. The number of nitrogens with one attached hydrogen (secondary N) is 2. The SMILES string of the molecule is Cc1ccc(-c2nn(-c3ccccc3)cc2C(=O)Nc2ccc3c(c2)NC(=O)CO3)cc1C. The minimum atomic E-state index is -0.298. The summed E-state index contributed by atoms with van der Waals surface area (Å²) < 4.78 is 7.10. The fourth-order valence-corrected chi connectivity index (χ4v) is 3.71. The van der Waals surface area contributed by atoms with Gasteiger partial charge in [0.2, 0.25) is 0 Å². The quantitative estimate of drug-likeness (QED) is 0.482. The number of benzene rings is 3. The first kappa shape index (κ1) is 20.5. The molecule has 0 aliphatic carbocycles. The van der Waals surface area contributed by atoms with Crippen molar-refractivity contribution < 1.29 is 14.3 Å². The molecule has 164 valence electrons. The van der Waals surface area contributed by atoms with Crippen molar-refractivity contribution in [2.24, 2.45) is 0 Å². The van der Waals surface area contributed by atoms with Crippen LogP contribution in [0.15, 0.2) is 72.9 Å². The number of fused-ring (bicyclic) bond motifs is 1. The molecule has 0 saturated heterocycles. The van der Waals surface area contributed by atoms with Crippen LogP contribution in [-0.2, 0) is 4.79 Å². The Morgan fingerprint density at radius 2 is 1.85 bits per heavy atom. The molecule has 2 N–H and O–H groups in total. The predicted octanol–water partition coefficient (Wildman–Crippen LogP) is 4.74. The number of hydrogen-bond acceptors (Lipinski definition) is 4. The average molecular weight is 438 g/mol. The van der Waals surface area contributed by atoms with E-state index in [0.29, 0.717) is 28.4 Å². The van der Waals surface area contributed by atoms with E-state index in [1.165, 1.54) is 5.56 Å². The van der Waals surface area contributed by atoms with E-state index in [1.54, 1.807) is 29.1 Å². The average Bonchev–Trinajstić information content (AvgIpc) is 3.27. The summed E-state index contributed by atoms with van der Waals surface area (Å²) in [7, 11) is 0. The molecule has 0 atom stereocenters. The maximum atomic E-state index is 13.4. The van der Waals surface area contributed by atoms with Gasteiger partial charge in [-0.15, -0.1) is 0 Å². The van der Waals surface area contributed by atoms with Crippen molar-refractivity contribution in [1.82, 2.24) is 9.78 Å². The van der Waals surface area contributed by atoms with Crippen molar-refractivity contribution in [3.63, 3.8) is 0 Å². The fraction of sp³-hybridized carbons (Fsp3) is 0.115. The van der Waals surface area contributed by atoms with Crippen molar-refractivity contribution in [2.45, 2.75) is 13.8 Å². The third-order valence-corrected chi connectivity index (χ3v) is 5.63. The van der Waals surface area contributed by atoms with E-state index < -0.39 is 0 Å². The van der Waals surface area contributed by atoms with Crippen LogP contribution in [0.3, 0.4) is 0 Å². The third-order valence-electron chi connectivity index (χ3n) is 5.63. The van der Waals surface area contributed by atoms with Crippen LogP contribution >= 0.6 is 0 Å². The standard InChI is InChI=1S/C26H22N4O3/c1-16-8-9-18(12-17(16)2)25-21(14-30(29-25)20-6-4-3-5-7-20)26(32)27-19-10-11-23-22(13-19)28-24(31)15-33-23/h3-14H,15H2,1-2H3,(H,27,32)(H,28,31). The molecule has 0 radical (unpaired) electrons. The number of carbonyl (C=O) groups excluding carboxylic acids is 2. The summed E-state index contributed by atoms with van der Waals surface area (Å²) in [5.41, 5.74) is 6.12. The van der Waals surface area contributed by atoms with Gasteiger partial charge in [-0.1, -0.05) is 30.3 Å².